The van der Waals surface area contributed by atoms with Crippen LogP contribution >= 0.6 is 35.6 Å². The molecule has 5 aliphatic carbocycles. The Balaban J connectivity index is -0.000000365. The molecule has 5 saturated carbocycles. The van der Waals surface area contributed by atoms with Crippen molar-refractivity contribution in [1.82, 2.24) is 9.44 Å². The average Bonchev–Trinajstić information content (AvgIpc) is 1.82. The second kappa shape index (κ2) is 77.6. The van der Waals surface area contributed by atoms with Gasteiger partial charge in [0.2, 0.25) is 5.24 Å². The summed E-state index contributed by atoms with van der Waals surface area (Å²) < 4.78 is 131. The van der Waals surface area contributed by atoms with Crippen LogP contribution in [0, 0.1) is 58.7 Å². The molecule has 11 rings (SSSR count). The van der Waals surface area contributed by atoms with Crippen LogP contribution in [-0.2, 0) is 88.0 Å². The van der Waals surface area contributed by atoms with Crippen molar-refractivity contribution in [2.24, 2.45) is 39.7 Å². The van der Waals surface area contributed by atoms with E-state index < -0.39 is 89.2 Å². The van der Waals surface area contributed by atoms with Gasteiger partial charge in [-0.25, -0.2) is 58.4 Å². The molecule has 16 N–H and O–H groups in total. The van der Waals surface area contributed by atoms with Crippen LogP contribution < -0.4 is 72.6 Å². The number of aliphatic hydroxyl groups excluding tert-OH is 4. The van der Waals surface area contributed by atoms with Gasteiger partial charge in [-0.1, -0.05) is 116 Å². The summed E-state index contributed by atoms with van der Waals surface area (Å²) in [6, 6.07) is 22.3. The first-order valence-corrected chi connectivity index (χ1v) is 49.8. The number of benzene rings is 5. The number of aliphatic hydroxyl groups is 4. The standard InChI is InChI=1S/C18H27FN2O3S.C16H25FN2OS.C16H23FN2OS.C14H19FN2O2.C12H14FNO.C5H6O3.4C3H8O.C2H3ClO2.C2H3ClO.B.ClH.Na.Ti.H/c1-18(2,3)25(23)21-15(10-7-12-5-6-12)13-8-9-14(19)16(11-13)20-17(22)24-4;2*1-16(2,3)21(20)19-15(9-6-11-4-5-11)12-7-8-13(17)14(18)10-12;1-19-14(18)17-13-8-10(5-6-11(13)15)12(16)7-4-9-2-3-9;13-10-5-4-9(7-11(10)14)12(15)6-3-8-1-2-8;6-4-2-1-3-5(7)8-4;4*1-2-3-4;1-5-2(3)4;1-2(3)4;;;;;/h8-9,11-12,15,21H,5-7,10H2,1-4H3,(H,20,22);7-8,10-11,15,19H,4-6,9,18H2,1-3H3;7-8,10-11H,4-6,9,18H2,1-3H3;5-6,8-9,12H,2-4,7,16H2,1H3,(H,17,18);4-5,7-8H,1-3,6,14H2;1-3H2;4*4H,2-3H2,1H3;1H3;1H3;;1H;;;/q;;;;;;;;;;;;;;+1;;-1. The number of carbonyl (C=O) groups excluding carboxylic acids is 7. The first-order chi connectivity index (χ1) is 62.9. The van der Waals surface area contributed by atoms with Crippen LogP contribution in [0.1, 0.15) is 322 Å². The molecule has 138 heavy (non-hydrogen) atoms. The number of methoxy groups -OCH3 is 3. The fourth-order valence-corrected chi connectivity index (χ4v) is 13.2. The topological polar surface area (TPSA) is 453 Å². The molecule has 5 aromatic rings. The monoisotopic (exact) mass is 2110 g/mol. The number of esters is 2. The minimum absolute atomic E-state index is 0. The minimum atomic E-state index is -1.32. The maximum Gasteiger partial charge on any atom is 1.00 e. The fourth-order valence-electron chi connectivity index (χ4n) is 10.8. The summed E-state index contributed by atoms with van der Waals surface area (Å²) in [5, 5.41) is 35.9. The van der Waals surface area contributed by atoms with Crippen LogP contribution in [0.25, 0.3) is 0 Å². The third-order valence-electron chi connectivity index (χ3n) is 19.8. The van der Waals surface area contributed by atoms with E-state index in [0.29, 0.717) is 57.7 Å². The molecule has 27 nitrogen and oxygen atoms in total. The van der Waals surface area contributed by atoms with E-state index in [1.54, 1.807) is 48.5 Å². The molecule has 1 heterocycles. The van der Waals surface area contributed by atoms with E-state index in [2.05, 4.69) is 66.6 Å². The Morgan fingerprint density at radius 3 is 1.09 bits per heavy atom. The van der Waals surface area contributed by atoms with Crippen molar-refractivity contribution >= 4 is 152 Å². The van der Waals surface area contributed by atoms with Gasteiger partial charge in [-0.15, -0.1) is 12.4 Å². The Hall–Kier alpha value is -5.87. The number of ketones is 1. The minimum Gasteiger partial charge on any atom is -1.00 e. The Labute approximate surface area is 880 Å². The zero-order valence-corrected chi connectivity index (χ0v) is 92.2. The molecule has 6 aliphatic rings. The second-order valence-electron chi connectivity index (χ2n) is 35.5. The smallest absolute Gasteiger partial charge is 1.00 e. The molecule has 3 radical (unpaired) electrons. The molecule has 0 spiro atoms. The van der Waals surface area contributed by atoms with E-state index in [1.807, 2.05) is 90.0 Å². The van der Waals surface area contributed by atoms with E-state index in [4.69, 9.17) is 43.4 Å². The van der Waals surface area contributed by atoms with Gasteiger partial charge in [-0.3, -0.25) is 29.8 Å². The van der Waals surface area contributed by atoms with E-state index in [9.17, 15) is 68.1 Å². The molecule has 6 atom stereocenters. The summed E-state index contributed by atoms with van der Waals surface area (Å²) in [5.41, 5.74) is 27.1. The number of hydrogen-bond acceptors (Lipinski definition) is 22. The van der Waals surface area contributed by atoms with Gasteiger partial charge in [0.05, 0.1) is 91.7 Å². The van der Waals surface area contributed by atoms with Gasteiger partial charge in [0.15, 0.2) is 5.78 Å². The summed E-state index contributed by atoms with van der Waals surface area (Å²) >= 11 is 9.24. The first kappa shape index (κ1) is 141. The molecular formula is C97H154BCl3F5N9NaO18S3Ti. The zero-order valence-electron chi connectivity index (χ0n) is 84.8. The van der Waals surface area contributed by atoms with Crippen molar-refractivity contribution in [3.05, 3.63) is 148 Å². The number of nitrogen functional groups attached to an aromatic ring is 3. The van der Waals surface area contributed by atoms with Crippen molar-refractivity contribution in [3.8, 4) is 0 Å². The van der Waals surface area contributed by atoms with Crippen molar-refractivity contribution in [1.29, 1.82) is 0 Å². The van der Waals surface area contributed by atoms with E-state index >= 15 is 0 Å². The Kier molecular flexibility index (Phi) is 79.1. The number of ether oxygens (including phenoxy) is 4. The number of nitrogens with one attached hydrogen (secondary N) is 4. The molecular weight excluding hydrogens is 1960 g/mol. The van der Waals surface area contributed by atoms with Crippen molar-refractivity contribution < 1.29 is 160 Å². The van der Waals surface area contributed by atoms with E-state index in [-0.39, 0.29) is 148 Å². The molecule has 41 heteroatoms. The summed E-state index contributed by atoms with van der Waals surface area (Å²) in [6.45, 7) is 27.5. The number of halogens is 8. The molecule has 1 saturated heterocycles. The third kappa shape index (κ3) is 69.2. The van der Waals surface area contributed by atoms with Crippen molar-refractivity contribution in [2.45, 2.75) is 303 Å². The summed E-state index contributed by atoms with van der Waals surface area (Å²) in [4.78, 5) is 73.2. The Bertz CT molecular complexity index is 4410. The van der Waals surface area contributed by atoms with Crippen molar-refractivity contribution in [2.75, 3.05) is 75.6 Å². The number of rotatable bonds is 31. The van der Waals surface area contributed by atoms with E-state index in [0.717, 1.165) is 141 Å². The molecule has 5 aromatic carbocycles. The number of cyclic esters (lactones) is 2. The van der Waals surface area contributed by atoms with Crippen LogP contribution in [0.5, 0.6) is 0 Å². The van der Waals surface area contributed by atoms with Crippen molar-refractivity contribution in [3.63, 3.8) is 0 Å². The molecule has 6 unspecified atom stereocenters. The summed E-state index contributed by atoms with van der Waals surface area (Å²) in [5.74, 6) is 0.812. The normalized spacial score (nSPS) is 14.9. The molecule has 0 bridgehead atoms. The molecule has 777 valence electrons. The number of hydrogen-bond donors (Lipinski definition) is 12. The number of Topliss-reactive ketones (excluding diaryl/α,β-unsaturated/α-hetero) is 1. The predicted molar refractivity (Wildman–Crippen MR) is 544 cm³/mol. The van der Waals surface area contributed by atoms with Gasteiger partial charge < -0.3 is 63.7 Å². The average molecular weight is 2110 g/mol. The number of anilines is 5. The number of carbonyl (C=O) groups is 7. The maximum absolute atomic E-state index is 14.0. The number of amides is 2. The van der Waals surface area contributed by atoms with Crippen LogP contribution in [-0.4, -0.2) is 150 Å². The van der Waals surface area contributed by atoms with Crippen LogP contribution in [0.15, 0.2) is 95.4 Å². The Morgan fingerprint density at radius 1 is 0.493 bits per heavy atom. The maximum atomic E-state index is 14.0. The summed E-state index contributed by atoms with van der Waals surface area (Å²) in [7, 11) is -0.0438. The largest absolute Gasteiger partial charge is 1.00 e. The quantitative estimate of drug-likeness (QED) is 0.00226. The summed E-state index contributed by atoms with van der Waals surface area (Å²) in [6.07, 6.45) is 25.4. The predicted octanol–water partition coefficient (Wildman–Crippen LogP) is 18.5. The Morgan fingerprint density at radius 2 is 0.790 bits per heavy atom. The SMILES string of the molecule is CC(=O)Cl.CC(C)(C)S(=O)N=C(CCC1CC1)c1ccc(F)c(N)c1.CC(C)(C)S(=O)NC(CCC1CC1)c1ccc(F)c(N)c1.CCCO.CCCO.CCCO.CCCO.COC(=O)Cl.COC(=O)Nc1cc(C(CCC2CC2)NS(=O)C(C)(C)C)ccc1F.COC(=O)Nc1cc(C(N)CCC2CC2)ccc1F.Cl.Nc1cc(C(=O)CCC2CC2)ccc1F.O=C1CCCC(=O)O1.[B].[H-].[Na+].[Ti]. The number of nitrogens with two attached hydrogens (primary N) is 4. The van der Waals surface area contributed by atoms with E-state index in [1.165, 1.54) is 135 Å². The second-order valence-corrected chi connectivity index (χ2v) is 42.3. The van der Waals surface area contributed by atoms with Crippen LogP contribution in [0.3, 0.4) is 0 Å². The van der Waals surface area contributed by atoms with Crippen LogP contribution in [0.2, 0.25) is 0 Å². The fraction of sp³-hybridized carbons (Fsp3) is 0.608. The third-order valence-corrected chi connectivity index (χ3v) is 24.6. The van der Waals surface area contributed by atoms with Gasteiger partial charge in [0.25, 0.3) is 0 Å². The molecule has 0 aromatic heterocycles. The molecule has 1 aliphatic heterocycles. The van der Waals surface area contributed by atoms with Gasteiger partial charge in [-0.2, -0.15) is 4.40 Å². The van der Waals surface area contributed by atoms with Crippen LogP contribution in [0.4, 0.5) is 64.8 Å². The van der Waals surface area contributed by atoms with Gasteiger partial charge in [0, 0.05) is 118 Å². The van der Waals surface area contributed by atoms with Gasteiger partial charge in [-0.05, 0) is 282 Å². The molecule has 6 fully saturated rings. The van der Waals surface area contributed by atoms with Gasteiger partial charge >= 0.3 is 59.1 Å². The zero-order chi connectivity index (χ0) is 102. The number of nitrogens with zero attached hydrogens (tertiary/aromatic N) is 1. The first-order valence-electron chi connectivity index (χ1n) is 45.6. The van der Waals surface area contributed by atoms with Gasteiger partial charge in [0.1, 0.15) is 40.1 Å². The molecule has 2 amide bonds.